The van der Waals surface area contributed by atoms with Crippen LogP contribution in [0.5, 0.6) is 0 Å². The van der Waals surface area contributed by atoms with Gasteiger partial charge in [-0.1, -0.05) is 61.0 Å². The van der Waals surface area contributed by atoms with E-state index in [0.717, 1.165) is 34.7 Å². The van der Waals surface area contributed by atoms with Crippen LogP contribution in [0.1, 0.15) is 74.0 Å². The number of aliphatic hydroxyl groups excluding tert-OH is 1. The van der Waals surface area contributed by atoms with Crippen molar-refractivity contribution in [1.29, 1.82) is 0 Å². The lowest BCUT2D eigenvalue weighted by Gasteiger charge is -2.36. The van der Waals surface area contributed by atoms with Gasteiger partial charge in [-0.25, -0.2) is 4.98 Å². The third-order valence-corrected chi connectivity index (χ3v) is 7.41. The van der Waals surface area contributed by atoms with E-state index in [2.05, 4.69) is 20.5 Å². The number of nitrogens with zero attached hydrogens (tertiary/aromatic N) is 2. The van der Waals surface area contributed by atoms with Crippen LogP contribution in [0.25, 0.3) is 0 Å². The number of ether oxygens (including phenoxy) is 2. The van der Waals surface area contributed by atoms with Crippen molar-refractivity contribution in [3.05, 3.63) is 71.5 Å². The maximum Gasteiger partial charge on any atom is 0.303 e. The van der Waals surface area contributed by atoms with Crippen LogP contribution in [0.3, 0.4) is 0 Å². The smallest absolute Gasteiger partial charge is 0.303 e. The largest absolute Gasteiger partial charge is 0.481 e. The van der Waals surface area contributed by atoms with Gasteiger partial charge in [0.1, 0.15) is 6.33 Å². The quantitative estimate of drug-likeness (QED) is 0.160. The molecule has 0 saturated carbocycles. The fourth-order valence-corrected chi connectivity index (χ4v) is 5.16. The zero-order chi connectivity index (χ0) is 27.5. The minimum absolute atomic E-state index is 0.0166. The summed E-state index contributed by atoms with van der Waals surface area (Å²) in [4.78, 5) is 27.3. The maximum atomic E-state index is 12.5. The van der Waals surface area contributed by atoms with E-state index in [1.54, 1.807) is 0 Å². The molecular weight excluding hydrogens is 520 g/mol. The van der Waals surface area contributed by atoms with Crippen LogP contribution >= 0.6 is 11.8 Å². The van der Waals surface area contributed by atoms with Crippen LogP contribution < -0.4 is 5.32 Å². The van der Waals surface area contributed by atoms with Crippen LogP contribution in [0.4, 0.5) is 5.69 Å². The summed E-state index contributed by atoms with van der Waals surface area (Å²) in [6.07, 6.45) is 4.65. The van der Waals surface area contributed by atoms with E-state index in [9.17, 15) is 14.7 Å². The Morgan fingerprint density at radius 1 is 1.03 bits per heavy atom. The molecule has 1 saturated heterocycles. The average molecular weight is 555 g/mol. The van der Waals surface area contributed by atoms with Gasteiger partial charge in [-0.15, -0.1) is 0 Å². The van der Waals surface area contributed by atoms with Crippen LogP contribution in [-0.4, -0.2) is 49.1 Å². The van der Waals surface area contributed by atoms with Gasteiger partial charge in [0, 0.05) is 36.3 Å². The summed E-state index contributed by atoms with van der Waals surface area (Å²) in [5, 5.41) is 28.5. The Balaban J connectivity index is 1.38. The SMILES string of the molecule is O=C(O)CCCCCCC(=O)Nc1cccc([C@@H]2O[C@H](CSc3ncn[nH]3)C[C@H](c3ccc(CO)cc3)O2)c1. The lowest BCUT2D eigenvalue weighted by Crippen LogP contribution is -2.31. The number of benzene rings is 2. The molecule has 2 heterocycles. The molecule has 11 heteroatoms. The topological polar surface area (TPSA) is 147 Å². The Hall–Kier alpha value is -3.25. The van der Waals surface area contributed by atoms with Gasteiger partial charge in [-0.2, -0.15) is 5.10 Å². The van der Waals surface area contributed by atoms with Gasteiger partial charge in [0.2, 0.25) is 5.91 Å². The number of anilines is 1. The molecule has 0 unspecified atom stereocenters. The Morgan fingerprint density at radius 2 is 1.82 bits per heavy atom. The van der Waals surface area contributed by atoms with Crippen molar-refractivity contribution in [1.82, 2.24) is 15.2 Å². The Labute approximate surface area is 231 Å². The number of carboxylic acid groups (broad SMARTS) is 1. The molecule has 10 nitrogen and oxygen atoms in total. The van der Waals surface area contributed by atoms with Gasteiger partial charge in [0.05, 0.1) is 18.8 Å². The Morgan fingerprint density at radius 3 is 2.54 bits per heavy atom. The van der Waals surface area contributed by atoms with E-state index < -0.39 is 12.3 Å². The summed E-state index contributed by atoms with van der Waals surface area (Å²) in [5.74, 6) is -0.216. The standard InChI is InChI=1S/C28H34N4O6S/c33-16-19-10-12-20(13-11-19)24-15-23(17-39-28-29-18-30-32-28)37-27(38-24)21-6-5-7-22(14-21)31-25(34)8-3-1-2-4-9-26(35)36/h5-7,10-14,18,23-24,27,33H,1-4,8-9,15-17H2,(H,31,34)(H,35,36)(H,29,30,32)/t23-,24+,27+/m0/s1. The van der Waals surface area contributed by atoms with Crippen LogP contribution in [0.2, 0.25) is 0 Å². The lowest BCUT2D eigenvalue weighted by atomic mass is 10.0. The molecule has 39 heavy (non-hydrogen) atoms. The zero-order valence-electron chi connectivity index (χ0n) is 21.6. The number of hydrogen-bond acceptors (Lipinski definition) is 8. The van der Waals surface area contributed by atoms with Gasteiger partial charge in [-0.05, 0) is 36.1 Å². The number of hydrogen-bond donors (Lipinski definition) is 4. The number of carbonyl (C=O) groups excluding carboxylic acids is 1. The normalized spacial score (nSPS) is 19.1. The number of aliphatic hydroxyl groups is 1. The van der Waals surface area contributed by atoms with E-state index in [-0.39, 0.29) is 31.1 Å². The number of unbranched alkanes of at least 4 members (excludes halogenated alkanes) is 3. The number of aromatic amines is 1. The number of amides is 1. The van der Waals surface area contributed by atoms with E-state index in [1.807, 2.05) is 48.5 Å². The molecule has 1 aromatic heterocycles. The first-order valence-corrected chi connectivity index (χ1v) is 14.1. The number of rotatable bonds is 14. The molecule has 0 bridgehead atoms. The molecule has 0 radical (unpaired) electrons. The number of thioether (sulfide) groups is 1. The molecule has 4 N–H and O–H groups in total. The highest BCUT2D eigenvalue weighted by atomic mass is 32.2. The molecule has 4 rings (SSSR count). The third kappa shape index (κ3) is 9.17. The van der Waals surface area contributed by atoms with Crippen molar-refractivity contribution in [2.24, 2.45) is 0 Å². The molecule has 2 aromatic carbocycles. The molecule has 3 atom stereocenters. The zero-order valence-corrected chi connectivity index (χ0v) is 22.4. The summed E-state index contributed by atoms with van der Waals surface area (Å²) in [6, 6.07) is 15.2. The molecule has 0 aliphatic carbocycles. The van der Waals surface area contributed by atoms with Crippen molar-refractivity contribution in [3.63, 3.8) is 0 Å². The van der Waals surface area contributed by atoms with Gasteiger partial charge >= 0.3 is 5.97 Å². The maximum absolute atomic E-state index is 12.5. The Bertz CT molecular complexity index is 1190. The molecule has 1 amide bonds. The van der Waals surface area contributed by atoms with E-state index in [0.29, 0.717) is 37.1 Å². The summed E-state index contributed by atoms with van der Waals surface area (Å²) >= 11 is 1.53. The van der Waals surface area contributed by atoms with Crippen LogP contribution in [0, 0.1) is 0 Å². The first-order chi connectivity index (χ1) is 19.0. The average Bonchev–Trinajstić information content (AvgIpc) is 3.47. The summed E-state index contributed by atoms with van der Waals surface area (Å²) < 4.78 is 12.7. The molecule has 3 aromatic rings. The predicted octanol–water partition coefficient (Wildman–Crippen LogP) is 5.00. The van der Waals surface area contributed by atoms with Gasteiger partial charge in [0.15, 0.2) is 11.4 Å². The van der Waals surface area contributed by atoms with Crippen LogP contribution in [0.15, 0.2) is 60.0 Å². The minimum atomic E-state index is -0.788. The fourth-order valence-electron chi connectivity index (χ4n) is 4.36. The second kappa shape index (κ2) is 14.8. The number of nitrogens with one attached hydrogen (secondary N) is 2. The second-order valence-corrected chi connectivity index (χ2v) is 10.4. The predicted molar refractivity (Wildman–Crippen MR) is 146 cm³/mol. The van der Waals surface area contributed by atoms with Crippen molar-refractivity contribution in [3.8, 4) is 0 Å². The second-order valence-electron chi connectivity index (χ2n) is 9.43. The van der Waals surface area contributed by atoms with Crippen molar-refractivity contribution in [2.45, 2.75) is 75.2 Å². The molecule has 208 valence electrons. The highest BCUT2D eigenvalue weighted by molar-refractivity contribution is 7.99. The number of aliphatic carboxylic acids is 1. The summed E-state index contributed by atoms with van der Waals surface area (Å²) in [7, 11) is 0. The van der Waals surface area contributed by atoms with Crippen molar-refractivity contribution < 1.29 is 29.3 Å². The molecule has 1 fully saturated rings. The summed E-state index contributed by atoms with van der Waals surface area (Å²) in [6.45, 7) is -0.0166. The van der Waals surface area contributed by atoms with Crippen LogP contribution in [-0.2, 0) is 25.7 Å². The minimum Gasteiger partial charge on any atom is -0.481 e. The number of carboxylic acids is 1. The first-order valence-electron chi connectivity index (χ1n) is 13.1. The Kier molecular flexibility index (Phi) is 10.9. The molecule has 0 spiro atoms. The monoisotopic (exact) mass is 554 g/mol. The lowest BCUT2D eigenvalue weighted by molar-refractivity contribution is -0.245. The molecular formula is C28H34N4O6S. The van der Waals surface area contributed by atoms with Gasteiger partial charge in [0.25, 0.3) is 0 Å². The van der Waals surface area contributed by atoms with Crippen molar-refractivity contribution >= 4 is 29.3 Å². The third-order valence-electron chi connectivity index (χ3n) is 6.40. The number of aromatic nitrogens is 3. The number of H-pyrrole nitrogens is 1. The number of carbonyl (C=O) groups is 2. The highest BCUT2D eigenvalue weighted by Crippen LogP contribution is 2.39. The van der Waals surface area contributed by atoms with E-state index >= 15 is 0 Å². The summed E-state index contributed by atoms with van der Waals surface area (Å²) in [5.41, 5.74) is 3.30. The molecule has 1 aliphatic rings. The van der Waals surface area contributed by atoms with Gasteiger partial charge in [-0.3, -0.25) is 14.7 Å². The fraction of sp³-hybridized carbons (Fsp3) is 0.429. The molecule has 1 aliphatic heterocycles. The highest BCUT2D eigenvalue weighted by Gasteiger charge is 2.32. The van der Waals surface area contributed by atoms with E-state index in [4.69, 9.17) is 14.6 Å². The van der Waals surface area contributed by atoms with E-state index in [1.165, 1.54) is 18.1 Å². The van der Waals surface area contributed by atoms with Crippen molar-refractivity contribution in [2.75, 3.05) is 11.1 Å². The first kappa shape index (κ1) is 28.8. The van der Waals surface area contributed by atoms with Gasteiger partial charge < -0.3 is 25.0 Å².